The van der Waals surface area contributed by atoms with Crippen LogP contribution < -0.4 is 42.8 Å². The van der Waals surface area contributed by atoms with E-state index in [0.29, 0.717) is 22.6 Å². The molecule has 0 saturated heterocycles. The van der Waals surface area contributed by atoms with Crippen molar-refractivity contribution in [1.29, 1.82) is 0 Å². The third-order valence-corrected chi connectivity index (χ3v) is 9.86. The maximum absolute atomic E-state index is 13.9. The summed E-state index contributed by atoms with van der Waals surface area (Å²) in [5.41, 5.74) is 2.96. The van der Waals surface area contributed by atoms with Crippen LogP contribution in [0.2, 0.25) is 0 Å². The smallest absolute Gasteiger partial charge is 0.373 e. The predicted octanol–water partition coefficient (Wildman–Crippen LogP) is 9.68. The molecule has 0 fully saturated rings. The van der Waals surface area contributed by atoms with Crippen molar-refractivity contribution in [3.8, 4) is 58.7 Å². The van der Waals surface area contributed by atoms with E-state index in [4.69, 9.17) is 55.0 Å². The van der Waals surface area contributed by atoms with E-state index in [1.165, 1.54) is 58.3 Å². The Bertz CT molecular complexity index is 2690. The quantitative estimate of drug-likeness (QED) is 0.0410. The van der Waals surface area contributed by atoms with Crippen LogP contribution in [0.4, 0.5) is 5.82 Å². The molecule has 0 atom stereocenters. The second kappa shape index (κ2) is 23.2. The van der Waals surface area contributed by atoms with Gasteiger partial charge in [-0.3, -0.25) is 4.90 Å². The Morgan fingerprint density at radius 1 is 0.559 bits per heavy atom. The third kappa shape index (κ3) is 13.1. The Kier molecular flexibility index (Phi) is 16.7. The van der Waals surface area contributed by atoms with Crippen LogP contribution in [0.15, 0.2) is 139 Å². The van der Waals surface area contributed by atoms with Crippen molar-refractivity contribution in [2.75, 3.05) is 47.5 Å². The first-order valence-corrected chi connectivity index (χ1v) is 21.1. The summed E-state index contributed by atoms with van der Waals surface area (Å²) in [5.74, 6) is 1.63. The van der Waals surface area contributed by atoms with Crippen molar-refractivity contribution < 1.29 is 47.5 Å². The van der Waals surface area contributed by atoms with Gasteiger partial charge in [0.1, 0.15) is 34.3 Å². The van der Waals surface area contributed by atoms with Crippen molar-refractivity contribution in [2.24, 2.45) is 5.16 Å². The lowest BCUT2D eigenvalue weighted by Gasteiger charge is -2.22. The maximum atomic E-state index is 13.9. The number of rotatable bonds is 15. The summed E-state index contributed by atoms with van der Waals surface area (Å²) in [6, 6.07) is 39.3. The first-order chi connectivity index (χ1) is 32.8. The molecule has 3 heterocycles. The normalized spacial score (nSPS) is 10.5. The molecular weight excluding hydrogens is 891 g/mol. The van der Waals surface area contributed by atoms with Gasteiger partial charge >= 0.3 is 18.0 Å². The summed E-state index contributed by atoms with van der Waals surface area (Å²) in [5, 5.41) is 4.59. The molecule has 0 aliphatic rings. The van der Waals surface area contributed by atoms with Gasteiger partial charge in [-0.05, 0) is 53.5 Å². The number of oxime groups is 1. The molecule has 7 rings (SSSR count). The Hall–Kier alpha value is -8.38. The molecule has 0 spiro atoms. The molecule has 3 aromatic heterocycles. The van der Waals surface area contributed by atoms with E-state index in [2.05, 4.69) is 56.9 Å². The molecule has 0 bridgehead atoms. The zero-order valence-corrected chi connectivity index (χ0v) is 39.6. The second-order valence-corrected chi connectivity index (χ2v) is 15.4. The molecule has 7 aromatic rings. The Balaban J connectivity index is 0.000000278. The summed E-state index contributed by atoms with van der Waals surface area (Å²) in [4.78, 5) is 42.2. The minimum absolute atomic E-state index is 0.0289. The van der Waals surface area contributed by atoms with Gasteiger partial charge in [0.05, 0.1) is 47.7 Å². The van der Waals surface area contributed by atoms with Gasteiger partial charge in [-0.25, -0.2) is 4.79 Å². The van der Waals surface area contributed by atoms with Crippen LogP contribution in [0.3, 0.4) is 0 Å². The van der Waals surface area contributed by atoms with Gasteiger partial charge in [-0.1, -0.05) is 111 Å². The molecule has 350 valence electrons. The first kappa shape index (κ1) is 49.1. The summed E-state index contributed by atoms with van der Waals surface area (Å²) < 4.78 is 43.8. The first-order valence-electron chi connectivity index (χ1n) is 20.7. The van der Waals surface area contributed by atoms with Crippen LogP contribution in [0.1, 0.15) is 47.8 Å². The van der Waals surface area contributed by atoms with E-state index < -0.39 is 5.97 Å². The number of ether oxygens (including phenoxy) is 8. The molecule has 0 saturated carbocycles. The molecule has 68 heavy (non-hydrogen) atoms. The van der Waals surface area contributed by atoms with Gasteiger partial charge in [-0.2, -0.15) is 24.9 Å². The zero-order valence-electron chi connectivity index (χ0n) is 38.8. The number of thiocarbonyl (C=S) groups is 1. The van der Waals surface area contributed by atoms with Gasteiger partial charge in [0.2, 0.25) is 29.4 Å². The van der Waals surface area contributed by atoms with Gasteiger partial charge in [-0.15, -0.1) is 0 Å². The topological polar surface area (TPSA) is 180 Å². The lowest BCUT2D eigenvalue weighted by atomic mass is 9.87. The summed E-state index contributed by atoms with van der Waals surface area (Å²) in [6.45, 7) is 6.49. The van der Waals surface area contributed by atoms with Crippen molar-refractivity contribution >= 4 is 34.9 Å². The number of carbonyl (C=O) groups is 1. The number of methoxy groups -OCH3 is 5. The van der Waals surface area contributed by atoms with Gasteiger partial charge in [0.15, 0.2) is 0 Å². The van der Waals surface area contributed by atoms with Gasteiger partial charge in [0, 0.05) is 24.2 Å². The van der Waals surface area contributed by atoms with E-state index in [-0.39, 0.29) is 58.0 Å². The van der Waals surface area contributed by atoms with Crippen LogP contribution in [0.25, 0.3) is 0 Å². The number of hydrogen-bond donors (Lipinski definition) is 0. The molecular formula is C50H49N7O10S. The molecule has 17 nitrogen and oxygen atoms in total. The summed E-state index contributed by atoms with van der Waals surface area (Å²) in [6.07, 6.45) is 0. The lowest BCUT2D eigenvalue weighted by molar-refractivity contribution is 0.0511. The Morgan fingerprint density at radius 2 is 1.03 bits per heavy atom. The minimum Gasteiger partial charge on any atom is -0.481 e. The molecule has 0 unspecified atom stereocenters. The highest BCUT2D eigenvalue weighted by Crippen LogP contribution is 2.36. The number of benzene rings is 4. The van der Waals surface area contributed by atoms with E-state index in [1.807, 2.05) is 98.0 Å². The Labute approximate surface area is 399 Å². The highest BCUT2D eigenvalue weighted by Gasteiger charge is 2.25. The fraction of sp³-hybridized carbons (Fsp3) is 0.200. The van der Waals surface area contributed by atoms with Crippen LogP contribution in [-0.4, -0.2) is 84.4 Å². The number of pyridine rings is 1. The van der Waals surface area contributed by atoms with Crippen molar-refractivity contribution in [2.45, 2.75) is 26.2 Å². The van der Waals surface area contributed by atoms with Crippen LogP contribution >= 0.6 is 12.2 Å². The lowest BCUT2D eigenvalue weighted by Crippen LogP contribution is -2.30. The molecule has 0 aliphatic heterocycles. The van der Waals surface area contributed by atoms with E-state index in [1.54, 1.807) is 24.1 Å². The fourth-order valence-corrected chi connectivity index (χ4v) is 6.14. The Morgan fingerprint density at radius 3 is 1.50 bits per heavy atom. The van der Waals surface area contributed by atoms with Crippen molar-refractivity contribution in [3.05, 3.63) is 156 Å². The number of carbonyl (C=O) groups excluding carboxylic acids is 1. The third-order valence-electron chi connectivity index (χ3n) is 9.50. The molecule has 0 aliphatic carbocycles. The fourth-order valence-electron chi connectivity index (χ4n) is 5.95. The monoisotopic (exact) mass is 939 g/mol. The van der Waals surface area contributed by atoms with Crippen molar-refractivity contribution in [1.82, 2.24) is 24.9 Å². The van der Waals surface area contributed by atoms with Crippen LogP contribution in [0, 0.1) is 0 Å². The van der Waals surface area contributed by atoms with Crippen LogP contribution in [0.5, 0.6) is 58.7 Å². The van der Waals surface area contributed by atoms with Gasteiger partial charge in [0.25, 0.3) is 5.17 Å². The zero-order chi connectivity index (χ0) is 48.6. The van der Waals surface area contributed by atoms with Crippen molar-refractivity contribution in [3.63, 3.8) is 0 Å². The van der Waals surface area contributed by atoms with E-state index >= 15 is 0 Å². The maximum Gasteiger partial charge on any atom is 0.373 e. The molecule has 4 aromatic carbocycles. The molecule has 18 heteroatoms. The average molecular weight is 940 g/mol. The highest BCUT2D eigenvalue weighted by molar-refractivity contribution is 7.80. The van der Waals surface area contributed by atoms with E-state index in [0.717, 1.165) is 16.9 Å². The number of hydrogen-bond acceptors (Lipinski definition) is 17. The predicted molar refractivity (Wildman–Crippen MR) is 258 cm³/mol. The minimum atomic E-state index is -0.922. The summed E-state index contributed by atoms with van der Waals surface area (Å²) >= 11 is 5.38. The largest absolute Gasteiger partial charge is 0.481 e. The second-order valence-electron chi connectivity index (χ2n) is 15.1. The standard InChI is InChI=1S/C32H27N5O8.C18H22N2O2S/c1-39-24-18-25(40-2)34-31(33-24)43-22-16-11-17-23(44-32-35-26(41-3)19-27(36-32)42-4)28(22)30(38)45-37-29(20-12-7-5-8-13-20)21-14-9-6-10-15-21;1-18(2,3)13-8-6-9-14(12-13)22-17(23)20(4)15-10-7-11-16(19-15)21-5/h5-19H,1-4H3;6-12H,1-5H3. The number of nitrogens with zero attached hydrogens (tertiary/aromatic N) is 7. The average Bonchev–Trinajstić information content (AvgIpc) is 3.36. The van der Waals surface area contributed by atoms with Crippen LogP contribution in [-0.2, 0) is 10.3 Å². The molecule has 0 N–H and O–H groups in total. The highest BCUT2D eigenvalue weighted by atomic mass is 32.1. The van der Waals surface area contributed by atoms with E-state index in [9.17, 15) is 4.79 Å². The molecule has 0 radical (unpaired) electrons. The number of aromatic nitrogens is 5. The SMILES string of the molecule is COc1cc(OC)nc(Oc2cccc(Oc3nc(OC)cc(OC)n3)c2C(=O)ON=C(c2ccccc2)c2ccccc2)n1.COc1cccc(N(C)C(=S)Oc2cccc(C(C)(C)C)c2)n1. The molecule has 0 amide bonds. The summed E-state index contributed by atoms with van der Waals surface area (Å²) in [7, 11) is 9.12. The number of anilines is 1. The van der Waals surface area contributed by atoms with Gasteiger partial charge < -0.3 is 42.7 Å².